The number of esters is 1. The molecule has 0 radical (unpaired) electrons. The zero-order chi connectivity index (χ0) is 16.1. The Bertz CT molecular complexity index is 735. The lowest BCUT2D eigenvalue weighted by Crippen LogP contribution is -2.05. The first kappa shape index (κ1) is 15.8. The minimum atomic E-state index is -0.580. The van der Waals surface area contributed by atoms with Crippen molar-refractivity contribution in [3.8, 4) is 11.3 Å². The highest BCUT2D eigenvalue weighted by atomic mass is 35.5. The van der Waals surface area contributed by atoms with Crippen molar-refractivity contribution in [3.63, 3.8) is 0 Å². The maximum atomic E-state index is 11.8. The average Bonchev–Trinajstić information content (AvgIpc) is 2.94. The van der Waals surface area contributed by atoms with Crippen LogP contribution in [-0.2, 0) is 4.74 Å². The number of nitro groups is 1. The predicted molar refractivity (Wildman–Crippen MR) is 81.1 cm³/mol. The van der Waals surface area contributed by atoms with Crippen LogP contribution in [0.3, 0.4) is 0 Å². The van der Waals surface area contributed by atoms with Gasteiger partial charge in [0.05, 0.1) is 28.2 Å². The van der Waals surface area contributed by atoms with E-state index in [0.717, 1.165) is 6.20 Å². The van der Waals surface area contributed by atoms with Crippen molar-refractivity contribution < 1.29 is 18.9 Å². The number of halogens is 1. The van der Waals surface area contributed by atoms with Gasteiger partial charge in [0.2, 0.25) is 6.20 Å². The molecule has 0 saturated heterocycles. The molecule has 0 N–H and O–H groups in total. The van der Waals surface area contributed by atoms with Crippen molar-refractivity contribution in [1.29, 1.82) is 0 Å². The predicted octanol–water partition coefficient (Wildman–Crippen LogP) is 4.02. The molecule has 0 saturated carbocycles. The van der Waals surface area contributed by atoms with Crippen LogP contribution in [0.1, 0.15) is 23.0 Å². The molecule has 6 nitrogen and oxygen atoms in total. The molecule has 0 aliphatic carbocycles. The molecule has 2 rings (SSSR count). The van der Waals surface area contributed by atoms with Gasteiger partial charge in [0.1, 0.15) is 11.5 Å². The fourth-order valence-electron chi connectivity index (χ4n) is 1.78. The number of ether oxygens (including phenoxy) is 1. The van der Waals surface area contributed by atoms with Crippen LogP contribution >= 0.6 is 11.6 Å². The summed E-state index contributed by atoms with van der Waals surface area (Å²) in [6, 6.07) is 8.05. The average molecular weight is 322 g/mol. The second-order valence-corrected chi connectivity index (χ2v) is 4.63. The molecule has 1 aromatic carbocycles. The topological polar surface area (TPSA) is 82.6 Å². The summed E-state index contributed by atoms with van der Waals surface area (Å²) in [6.45, 7) is 1.95. The second-order valence-electron chi connectivity index (χ2n) is 4.22. The molecule has 0 spiro atoms. The highest BCUT2D eigenvalue weighted by Gasteiger charge is 2.14. The molecule has 22 heavy (non-hydrogen) atoms. The molecule has 0 unspecified atom stereocenters. The highest BCUT2D eigenvalue weighted by molar-refractivity contribution is 6.33. The first-order valence-corrected chi connectivity index (χ1v) is 6.77. The minimum Gasteiger partial charge on any atom is -0.462 e. The van der Waals surface area contributed by atoms with Gasteiger partial charge in [-0.1, -0.05) is 11.6 Å². The van der Waals surface area contributed by atoms with E-state index in [0.29, 0.717) is 17.1 Å². The summed E-state index contributed by atoms with van der Waals surface area (Å²) in [4.78, 5) is 21.5. The monoisotopic (exact) mass is 321 g/mol. The highest BCUT2D eigenvalue weighted by Crippen LogP contribution is 2.27. The van der Waals surface area contributed by atoms with Crippen molar-refractivity contribution >= 4 is 23.6 Å². The third-order valence-electron chi connectivity index (χ3n) is 2.73. The van der Waals surface area contributed by atoms with Gasteiger partial charge in [0.15, 0.2) is 0 Å². The van der Waals surface area contributed by atoms with Crippen molar-refractivity contribution in [2.24, 2.45) is 0 Å². The molecule has 0 aliphatic heterocycles. The van der Waals surface area contributed by atoms with Crippen LogP contribution in [0.4, 0.5) is 0 Å². The van der Waals surface area contributed by atoms with Gasteiger partial charge >= 0.3 is 5.97 Å². The SMILES string of the molecule is CCOC(=O)c1cc(-c2ccc(/C=C/[N+](=O)[O-])o2)ccc1Cl. The molecule has 7 heteroatoms. The van der Waals surface area contributed by atoms with Gasteiger partial charge in [-0.3, -0.25) is 10.1 Å². The number of hydrogen-bond acceptors (Lipinski definition) is 5. The molecule has 1 heterocycles. The van der Waals surface area contributed by atoms with Crippen LogP contribution in [0.5, 0.6) is 0 Å². The molecule has 1 aromatic heterocycles. The van der Waals surface area contributed by atoms with Crippen LogP contribution in [0, 0.1) is 10.1 Å². The fourth-order valence-corrected chi connectivity index (χ4v) is 1.97. The molecular formula is C15H12ClNO5. The van der Waals surface area contributed by atoms with Crippen molar-refractivity contribution in [3.05, 3.63) is 63.0 Å². The molecule has 0 bridgehead atoms. The minimum absolute atomic E-state index is 0.236. The van der Waals surface area contributed by atoms with Crippen molar-refractivity contribution in [2.75, 3.05) is 6.61 Å². The Morgan fingerprint density at radius 3 is 2.86 bits per heavy atom. The first-order valence-electron chi connectivity index (χ1n) is 6.40. The number of carbonyl (C=O) groups is 1. The van der Waals surface area contributed by atoms with E-state index in [9.17, 15) is 14.9 Å². The van der Waals surface area contributed by atoms with Gasteiger partial charge in [0, 0.05) is 5.56 Å². The van der Waals surface area contributed by atoms with E-state index in [1.54, 1.807) is 37.3 Å². The second kappa shape index (κ2) is 6.91. The van der Waals surface area contributed by atoms with E-state index >= 15 is 0 Å². The number of rotatable bonds is 5. The summed E-state index contributed by atoms with van der Waals surface area (Å²) in [5, 5.41) is 10.6. The zero-order valence-corrected chi connectivity index (χ0v) is 12.4. The van der Waals surface area contributed by atoms with Crippen LogP contribution in [0.15, 0.2) is 40.9 Å². The van der Waals surface area contributed by atoms with E-state index in [1.807, 2.05) is 0 Å². The standard InChI is InChI=1S/C15H12ClNO5/c1-2-21-15(18)12-9-10(3-5-13(12)16)14-6-4-11(22-14)7-8-17(19)20/h3-9H,2H2,1H3/b8-7+. The van der Waals surface area contributed by atoms with E-state index < -0.39 is 10.9 Å². The molecular weight excluding hydrogens is 310 g/mol. The maximum absolute atomic E-state index is 11.8. The third kappa shape index (κ3) is 3.73. The van der Waals surface area contributed by atoms with E-state index in [1.165, 1.54) is 6.08 Å². The molecule has 0 aliphatic rings. The maximum Gasteiger partial charge on any atom is 0.339 e. The van der Waals surface area contributed by atoms with Crippen LogP contribution in [0.25, 0.3) is 17.4 Å². The molecule has 0 amide bonds. The Morgan fingerprint density at radius 2 is 2.18 bits per heavy atom. The molecule has 2 aromatic rings. The lowest BCUT2D eigenvalue weighted by molar-refractivity contribution is -0.401. The van der Waals surface area contributed by atoms with Gasteiger partial charge < -0.3 is 9.15 Å². The van der Waals surface area contributed by atoms with Crippen LogP contribution < -0.4 is 0 Å². The zero-order valence-electron chi connectivity index (χ0n) is 11.6. The molecule has 114 valence electrons. The number of furan rings is 1. The summed E-state index contributed by atoms with van der Waals surface area (Å²) < 4.78 is 10.4. The summed E-state index contributed by atoms with van der Waals surface area (Å²) >= 11 is 5.99. The Hall–Kier alpha value is -2.60. The van der Waals surface area contributed by atoms with Crippen molar-refractivity contribution in [1.82, 2.24) is 0 Å². The summed E-state index contributed by atoms with van der Waals surface area (Å²) in [6.07, 6.45) is 2.03. The van der Waals surface area contributed by atoms with E-state index in [4.69, 9.17) is 20.8 Å². The Labute approximate surface area is 131 Å². The Kier molecular flexibility index (Phi) is 4.95. The lowest BCUT2D eigenvalue weighted by Gasteiger charge is -2.05. The van der Waals surface area contributed by atoms with Crippen LogP contribution in [-0.4, -0.2) is 17.5 Å². The number of carbonyl (C=O) groups excluding carboxylic acids is 1. The van der Waals surface area contributed by atoms with E-state index in [-0.39, 0.29) is 17.2 Å². The van der Waals surface area contributed by atoms with Crippen LogP contribution in [0.2, 0.25) is 5.02 Å². The molecule has 0 atom stereocenters. The first-order chi connectivity index (χ1) is 10.5. The summed E-state index contributed by atoms with van der Waals surface area (Å²) in [5.74, 6) is 0.277. The van der Waals surface area contributed by atoms with Gasteiger partial charge in [-0.25, -0.2) is 4.79 Å². The smallest absolute Gasteiger partial charge is 0.339 e. The fraction of sp³-hybridized carbons (Fsp3) is 0.133. The van der Waals surface area contributed by atoms with Gasteiger partial charge in [-0.15, -0.1) is 0 Å². The largest absolute Gasteiger partial charge is 0.462 e. The summed E-state index contributed by atoms with van der Waals surface area (Å²) in [7, 11) is 0. The van der Waals surface area contributed by atoms with Gasteiger partial charge in [-0.2, -0.15) is 0 Å². The van der Waals surface area contributed by atoms with Gasteiger partial charge in [0.25, 0.3) is 0 Å². The Morgan fingerprint density at radius 1 is 1.41 bits per heavy atom. The van der Waals surface area contributed by atoms with Gasteiger partial charge in [-0.05, 0) is 37.3 Å². The Balaban J connectivity index is 2.31. The summed E-state index contributed by atoms with van der Waals surface area (Å²) in [5.41, 5.74) is 0.855. The van der Waals surface area contributed by atoms with Crippen molar-refractivity contribution in [2.45, 2.75) is 6.92 Å². The third-order valence-corrected chi connectivity index (χ3v) is 3.06. The van der Waals surface area contributed by atoms with E-state index in [2.05, 4.69) is 0 Å². The number of nitrogens with zero attached hydrogens (tertiary/aromatic N) is 1. The quantitative estimate of drug-likeness (QED) is 0.472. The lowest BCUT2D eigenvalue weighted by atomic mass is 10.1. The molecule has 0 fully saturated rings. The number of benzene rings is 1. The normalized spacial score (nSPS) is 10.8. The number of hydrogen-bond donors (Lipinski definition) is 0.